The Bertz CT molecular complexity index is 1270. The van der Waals surface area contributed by atoms with Crippen LogP contribution in [0.2, 0.25) is 10.0 Å². The molecule has 2 aromatic carbocycles. The average Bonchev–Trinajstić information content (AvgIpc) is 2.78. The normalized spacial score (nSPS) is 12.7. The van der Waals surface area contributed by atoms with Crippen LogP contribution in [-0.2, 0) is 26.2 Å². The summed E-state index contributed by atoms with van der Waals surface area (Å²) in [6.45, 7) is 7.21. The van der Waals surface area contributed by atoms with Crippen molar-refractivity contribution in [1.29, 1.82) is 0 Å². The molecule has 2 rings (SSSR count). The number of carbonyl (C=O) groups excluding carboxylic acids is 2. The SMILES string of the molecule is CC[C@@H](C(=O)NC(C)(C)C)N(Cc1ccc(Cl)c(Cl)c1)C(=O)CCCN(c1ccc(F)c(F)c1)S(C)(=O)=O. The molecule has 210 valence electrons. The lowest BCUT2D eigenvalue weighted by Crippen LogP contribution is -2.53. The number of hydrogen-bond donors (Lipinski definition) is 1. The van der Waals surface area contributed by atoms with E-state index in [1.807, 2.05) is 20.8 Å². The first-order valence-corrected chi connectivity index (χ1v) is 14.6. The van der Waals surface area contributed by atoms with Gasteiger partial charge >= 0.3 is 0 Å². The second-order valence-corrected chi connectivity index (χ2v) is 12.7. The summed E-state index contributed by atoms with van der Waals surface area (Å²) in [6.07, 6.45) is 1.24. The van der Waals surface area contributed by atoms with Crippen LogP contribution in [0, 0.1) is 11.6 Å². The maximum absolute atomic E-state index is 13.8. The highest BCUT2D eigenvalue weighted by molar-refractivity contribution is 7.92. The van der Waals surface area contributed by atoms with E-state index in [4.69, 9.17) is 23.2 Å². The molecule has 0 aliphatic carbocycles. The van der Waals surface area contributed by atoms with Crippen molar-refractivity contribution in [2.75, 3.05) is 17.1 Å². The number of hydrogen-bond acceptors (Lipinski definition) is 4. The molecule has 0 radical (unpaired) electrons. The number of anilines is 1. The van der Waals surface area contributed by atoms with Gasteiger partial charge in [-0.25, -0.2) is 17.2 Å². The van der Waals surface area contributed by atoms with Gasteiger partial charge < -0.3 is 10.2 Å². The molecule has 1 N–H and O–H groups in total. The highest BCUT2D eigenvalue weighted by atomic mass is 35.5. The summed E-state index contributed by atoms with van der Waals surface area (Å²) in [4.78, 5) is 28.0. The molecular formula is C26H33Cl2F2N3O4S. The van der Waals surface area contributed by atoms with Crippen molar-refractivity contribution in [3.05, 3.63) is 63.6 Å². The number of benzene rings is 2. The summed E-state index contributed by atoms with van der Waals surface area (Å²) < 4.78 is 52.7. The largest absolute Gasteiger partial charge is 0.350 e. The molecule has 1 atom stereocenters. The van der Waals surface area contributed by atoms with Gasteiger partial charge in [-0.15, -0.1) is 0 Å². The molecule has 2 aromatic rings. The molecule has 0 spiro atoms. The third-order valence-electron chi connectivity index (χ3n) is 5.56. The fourth-order valence-corrected chi connectivity index (χ4v) is 5.13. The highest BCUT2D eigenvalue weighted by Gasteiger charge is 2.31. The lowest BCUT2D eigenvalue weighted by atomic mass is 10.0. The number of carbonyl (C=O) groups is 2. The summed E-state index contributed by atoms with van der Waals surface area (Å²) in [5.41, 5.74) is 0.0836. The third-order valence-corrected chi connectivity index (χ3v) is 7.50. The molecule has 0 aromatic heterocycles. The van der Waals surface area contributed by atoms with Gasteiger partial charge in [0.05, 0.1) is 22.0 Å². The predicted molar refractivity (Wildman–Crippen MR) is 147 cm³/mol. The zero-order chi connectivity index (χ0) is 28.8. The van der Waals surface area contributed by atoms with Crippen LogP contribution >= 0.6 is 23.2 Å². The first-order valence-electron chi connectivity index (χ1n) is 12.0. The van der Waals surface area contributed by atoms with Gasteiger partial charge in [-0.3, -0.25) is 13.9 Å². The van der Waals surface area contributed by atoms with Gasteiger partial charge in [-0.1, -0.05) is 36.2 Å². The number of rotatable bonds is 11. The van der Waals surface area contributed by atoms with Crippen molar-refractivity contribution in [3.8, 4) is 0 Å². The van der Waals surface area contributed by atoms with Gasteiger partial charge in [0.2, 0.25) is 21.8 Å². The standard InChI is InChI=1S/C26H33Cl2F2N3O4S/c1-6-23(25(35)31-26(2,3)4)32(16-17-9-11-19(27)20(28)14-17)24(34)8-7-13-33(38(5,36)37)18-10-12-21(29)22(30)15-18/h9-12,14-15,23H,6-8,13,16H2,1-5H3,(H,31,35)/t23-/m0/s1. The molecule has 0 aliphatic rings. The predicted octanol–water partition coefficient (Wildman–Crippen LogP) is 5.54. The maximum Gasteiger partial charge on any atom is 0.243 e. The lowest BCUT2D eigenvalue weighted by Gasteiger charge is -2.33. The Morgan fingerprint density at radius 3 is 2.21 bits per heavy atom. The summed E-state index contributed by atoms with van der Waals surface area (Å²) in [7, 11) is -3.85. The molecule has 7 nitrogen and oxygen atoms in total. The zero-order valence-corrected chi connectivity index (χ0v) is 24.4. The monoisotopic (exact) mass is 591 g/mol. The molecule has 12 heteroatoms. The third kappa shape index (κ3) is 9.10. The van der Waals surface area contributed by atoms with Gasteiger partial charge in [0.25, 0.3) is 0 Å². The Balaban J connectivity index is 2.28. The van der Waals surface area contributed by atoms with Crippen LogP contribution in [0.1, 0.15) is 52.5 Å². The van der Waals surface area contributed by atoms with Crippen LogP contribution in [0.4, 0.5) is 14.5 Å². The molecule has 0 saturated heterocycles. The first-order chi connectivity index (χ1) is 17.5. The highest BCUT2D eigenvalue weighted by Crippen LogP contribution is 2.25. The zero-order valence-electron chi connectivity index (χ0n) is 22.0. The molecule has 0 bridgehead atoms. The Morgan fingerprint density at radius 2 is 1.68 bits per heavy atom. The van der Waals surface area contributed by atoms with Gasteiger partial charge in [-0.05, 0) is 63.4 Å². The first kappa shape index (κ1) is 31.8. The number of nitrogens with one attached hydrogen (secondary N) is 1. The summed E-state index contributed by atoms with van der Waals surface area (Å²) in [6, 6.07) is 6.91. The van der Waals surface area contributed by atoms with E-state index in [0.717, 1.165) is 28.8 Å². The van der Waals surface area contributed by atoms with E-state index in [9.17, 15) is 26.8 Å². The van der Waals surface area contributed by atoms with Gasteiger partial charge in [0.1, 0.15) is 6.04 Å². The molecule has 2 amide bonds. The van der Waals surface area contributed by atoms with Crippen molar-refractivity contribution in [1.82, 2.24) is 10.2 Å². The molecule has 0 saturated carbocycles. The lowest BCUT2D eigenvalue weighted by molar-refractivity contribution is -0.142. The van der Waals surface area contributed by atoms with E-state index in [1.54, 1.807) is 25.1 Å². The van der Waals surface area contributed by atoms with Crippen molar-refractivity contribution in [2.24, 2.45) is 0 Å². The minimum atomic E-state index is -3.85. The number of halogens is 4. The number of sulfonamides is 1. The second kappa shape index (κ2) is 13.1. The summed E-state index contributed by atoms with van der Waals surface area (Å²) >= 11 is 12.2. The quantitative estimate of drug-likeness (QED) is 0.371. The molecule has 0 fully saturated rings. The van der Waals surface area contributed by atoms with Gasteiger partial charge in [0.15, 0.2) is 11.6 Å². The summed E-state index contributed by atoms with van der Waals surface area (Å²) in [5, 5.41) is 3.56. The van der Waals surface area contributed by atoms with Crippen molar-refractivity contribution in [2.45, 2.75) is 65.1 Å². The van der Waals surface area contributed by atoms with Crippen LogP contribution in [-0.4, -0.2) is 49.5 Å². The fraction of sp³-hybridized carbons (Fsp3) is 0.462. The van der Waals surface area contributed by atoms with Crippen LogP contribution in [0.3, 0.4) is 0 Å². The van der Waals surface area contributed by atoms with E-state index in [-0.39, 0.29) is 43.4 Å². The average molecular weight is 593 g/mol. The van der Waals surface area contributed by atoms with E-state index in [0.29, 0.717) is 22.0 Å². The van der Waals surface area contributed by atoms with E-state index < -0.39 is 33.2 Å². The maximum atomic E-state index is 13.8. The molecular weight excluding hydrogens is 559 g/mol. The van der Waals surface area contributed by atoms with Crippen LogP contribution in [0.5, 0.6) is 0 Å². The minimum absolute atomic E-state index is 0.0532. The van der Waals surface area contributed by atoms with E-state index in [2.05, 4.69) is 5.32 Å². The fourth-order valence-electron chi connectivity index (χ4n) is 3.85. The number of nitrogens with zero attached hydrogens (tertiary/aromatic N) is 2. The van der Waals surface area contributed by atoms with E-state index in [1.165, 1.54) is 4.90 Å². The Hall–Kier alpha value is -2.43. The smallest absolute Gasteiger partial charge is 0.243 e. The van der Waals surface area contributed by atoms with E-state index >= 15 is 0 Å². The van der Waals surface area contributed by atoms with Crippen molar-refractivity contribution < 1.29 is 26.8 Å². The van der Waals surface area contributed by atoms with Gasteiger partial charge in [-0.2, -0.15) is 0 Å². The Labute approximate surface area is 233 Å². The topological polar surface area (TPSA) is 86.8 Å². The number of amides is 2. The molecule has 38 heavy (non-hydrogen) atoms. The van der Waals surface area contributed by atoms with Crippen LogP contribution < -0.4 is 9.62 Å². The van der Waals surface area contributed by atoms with Gasteiger partial charge in [0, 0.05) is 31.1 Å². The molecule has 0 aliphatic heterocycles. The Morgan fingerprint density at radius 1 is 1.03 bits per heavy atom. The minimum Gasteiger partial charge on any atom is -0.350 e. The van der Waals surface area contributed by atoms with Crippen molar-refractivity contribution >= 4 is 50.7 Å². The summed E-state index contributed by atoms with van der Waals surface area (Å²) in [5.74, 6) is -3.00. The molecule has 0 unspecified atom stereocenters. The van der Waals surface area contributed by atoms with Crippen molar-refractivity contribution in [3.63, 3.8) is 0 Å². The van der Waals surface area contributed by atoms with Crippen LogP contribution in [0.25, 0.3) is 0 Å². The Kier molecular flexibility index (Phi) is 10.9. The second-order valence-electron chi connectivity index (χ2n) is 9.97. The molecule has 0 heterocycles. The van der Waals surface area contributed by atoms with Crippen LogP contribution in [0.15, 0.2) is 36.4 Å².